The molecule has 0 fully saturated rings. The van der Waals surface area contributed by atoms with Crippen molar-refractivity contribution >= 4 is 16.8 Å². The maximum Gasteiger partial charge on any atom is 0.254 e. The van der Waals surface area contributed by atoms with Gasteiger partial charge in [-0.3, -0.25) is 4.79 Å². The number of unbranched alkanes of at least 4 members (excludes halogenated alkanes) is 1. The molecule has 1 aromatic heterocycles. The molecule has 0 bridgehead atoms. The van der Waals surface area contributed by atoms with E-state index in [1.807, 2.05) is 68.6 Å². The van der Waals surface area contributed by atoms with Gasteiger partial charge in [-0.15, -0.1) is 0 Å². The maximum absolute atomic E-state index is 13.1. The second kappa shape index (κ2) is 8.67. The van der Waals surface area contributed by atoms with Gasteiger partial charge in [-0.1, -0.05) is 31.5 Å². The zero-order valence-corrected chi connectivity index (χ0v) is 16.2. The Balaban J connectivity index is 2.03. The lowest BCUT2D eigenvalue weighted by atomic mass is 10.0. The van der Waals surface area contributed by atoms with E-state index in [9.17, 15) is 4.79 Å². The molecule has 3 aromatic rings. The van der Waals surface area contributed by atoms with Gasteiger partial charge in [-0.05, 0) is 49.7 Å². The number of benzene rings is 2. The van der Waals surface area contributed by atoms with Crippen LogP contribution in [0.15, 0.2) is 54.6 Å². The molecule has 0 aliphatic heterocycles. The molecular weight excluding hydrogens is 336 g/mol. The minimum atomic E-state index is 0.0363. The summed E-state index contributed by atoms with van der Waals surface area (Å²) in [5, 5.41) is 0.889. The normalized spacial score (nSPS) is 10.8. The predicted octanol–water partition coefficient (Wildman–Crippen LogP) is 5.17. The minimum absolute atomic E-state index is 0.0363. The molecule has 0 N–H and O–H groups in total. The molecule has 0 saturated carbocycles. The lowest BCUT2D eigenvalue weighted by Crippen LogP contribution is -2.28. The average molecular weight is 362 g/mol. The number of ether oxygens (including phenoxy) is 1. The molecule has 0 spiro atoms. The number of carbonyl (C=O) groups excluding carboxylic acids is 1. The molecule has 1 heterocycles. The maximum atomic E-state index is 13.1. The molecule has 140 valence electrons. The summed E-state index contributed by atoms with van der Waals surface area (Å²) >= 11 is 0. The Kier molecular flexibility index (Phi) is 6.07. The van der Waals surface area contributed by atoms with Gasteiger partial charge in [0.1, 0.15) is 5.75 Å². The first-order valence-corrected chi connectivity index (χ1v) is 9.52. The van der Waals surface area contributed by atoms with Crippen LogP contribution in [0.1, 0.15) is 37.0 Å². The first kappa shape index (κ1) is 18.9. The summed E-state index contributed by atoms with van der Waals surface area (Å²) in [6.45, 7) is 5.48. The zero-order chi connectivity index (χ0) is 19.2. The van der Waals surface area contributed by atoms with Crippen molar-refractivity contribution in [2.45, 2.75) is 26.7 Å². The van der Waals surface area contributed by atoms with E-state index in [1.54, 1.807) is 4.90 Å². The van der Waals surface area contributed by atoms with Gasteiger partial charge in [0.25, 0.3) is 5.91 Å². The van der Waals surface area contributed by atoms with Crippen LogP contribution < -0.4 is 4.74 Å². The number of aromatic nitrogens is 1. The van der Waals surface area contributed by atoms with Crippen LogP contribution in [0.2, 0.25) is 0 Å². The van der Waals surface area contributed by atoms with Gasteiger partial charge in [0.05, 0.1) is 23.4 Å². The number of nitrogens with zero attached hydrogens (tertiary/aromatic N) is 2. The number of carbonyl (C=O) groups is 1. The molecule has 4 heteroatoms. The number of amides is 1. The van der Waals surface area contributed by atoms with Crippen LogP contribution in [0.3, 0.4) is 0 Å². The standard InChI is InChI=1S/C23H26N2O2/c1-4-6-15-25(3)23(26)20-16-22(24-21-10-8-7-9-19(20)21)17-11-13-18(14-12-17)27-5-2/h7-14,16H,4-6,15H2,1-3H3. The third-order valence-corrected chi connectivity index (χ3v) is 4.60. The number of hydrogen-bond acceptors (Lipinski definition) is 3. The number of fused-ring (bicyclic) bond motifs is 1. The molecule has 0 atom stereocenters. The second-order valence-electron chi connectivity index (χ2n) is 6.61. The highest BCUT2D eigenvalue weighted by Gasteiger charge is 2.17. The van der Waals surface area contributed by atoms with E-state index >= 15 is 0 Å². The largest absolute Gasteiger partial charge is 0.494 e. The van der Waals surface area contributed by atoms with Crippen LogP contribution in [0.25, 0.3) is 22.2 Å². The van der Waals surface area contributed by atoms with Gasteiger partial charge in [-0.2, -0.15) is 0 Å². The quantitative estimate of drug-likeness (QED) is 0.582. The molecule has 0 radical (unpaired) electrons. The third kappa shape index (κ3) is 4.27. The molecule has 0 aliphatic rings. The summed E-state index contributed by atoms with van der Waals surface area (Å²) in [5.41, 5.74) is 3.29. The van der Waals surface area contributed by atoms with Gasteiger partial charge in [0.15, 0.2) is 0 Å². The Labute approximate surface area is 160 Å². The van der Waals surface area contributed by atoms with E-state index in [0.717, 1.165) is 47.3 Å². The first-order chi connectivity index (χ1) is 13.1. The Bertz CT molecular complexity index is 919. The van der Waals surface area contributed by atoms with Crippen LogP contribution in [0, 0.1) is 0 Å². The zero-order valence-electron chi connectivity index (χ0n) is 16.2. The number of pyridine rings is 1. The fourth-order valence-corrected chi connectivity index (χ4v) is 3.09. The predicted molar refractivity (Wildman–Crippen MR) is 110 cm³/mol. The van der Waals surface area contributed by atoms with Crippen LogP contribution in [-0.4, -0.2) is 36.0 Å². The van der Waals surface area contributed by atoms with E-state index < -0.39 is 0 Å². The average Bonchev–Trinajstić information content (AvgIpc) is 2.71. The minimum Gasteiger partial charge on any atom is -0.494 e. The third-order valence-electron chi connectivity index (χ3n) is 4.60. The summed E-state index contributed by atoms with van der Waals surface area (Å²) in [6, 6.07) is 17.6. The monoisotopic (exact) mass is 362 g/mol. The summed E-state index contributed by atoms with van der Waals surface area (Å²) in [6.07, 6.45) is 2.06. The van der Waals surface area contributed by atoms with Crippen LogP contribution in [0.4, 0.5) is 0 Å². The lowest BCUT2D eigenvalue weighted by Gasteiger charge is -2.18. The van der Waals surface area contributed by atoms with Crippen molar-refractivity contribution in [2.75, 3.05) is 20.2 Å². The molecule has 1 amide bonds. The Morgan fingerprint density at radius 3 is 2.52 bits per heavy atom. The summed E-state index contributed by atoms with van der Waals surface area (Å²) < 4.78 is 5.52. The van der Waals surface area contributed by atoms with Crippen molar-refractivity contribution in [3.8, 4) is 17.0 Å². The van der Waals surface area contributed by atoms with E-state index in [4.69, 9.17) is 9.72 Å². The Hall–Kier alpha value is -2.88. The highest BCUT2D eigenvalue weighted by Crippen LogP contribution is 2.27. The number of hydrogen-bond donors (Lipinski definition) is 0. The number of rotatable bonds is 7. The summed E-state index contributed by atoms with van der Waals surface area (Å²) in [7, 11) is 1.86. The van der Waals surface area contributed by atoms with Gasteiger partial charge in [-0.25, -0.2) is 4.98 Å². The smallest absolute Gasteiger partial charge is 0.254 e. The molecule has 0 unspecified atom stereocenters. The molecule has 4 nitrogen and oxygen atoms in total. The fourth-order valence-electron chi connectivity index (χ4n) is 3.09. The van der Waals surface area contributed by atoms with Crippen molar-refractivity contribution in [3.05, 3.63) is 60.2 Å². The van der Waals surface area contributed by atoms with Gasteiger partial charge >= 0.3 is 0 Å². The topological polar surface area (TPSA) is 42.4 Å². The number of para-hydroxylation sites is 1. The van der Waals surface area contributed by atoms with Gasteiger partial charge in [0, 0.05) is 24.5 Å². The highest BCUT2D eigenvalue weighted by molar-refractivity contribution is 6.07. The van der Waals surface area contributed by atoms with Crippen LogP contribution in [0.5, 0.6) is 5.75 Å². The first-order valence-electron chi connectivity index (χ1n) is 9.52. The molecule has 27 heavy (non-hydrogen) atoms. The fraction of sp³-hybridized carbons (Fsp3) is 0.304. The van der Waals surface area contributed by atoms with E-state index in [-0.39, 0.29) is 5.91 Å². The molecule has 0 saturated heterocycles. The highest BCUT2D eigenvalue weighted by atomic mass is 16.5. The lowest BCUT2D eigenvalue weighted by molar-refractivity contribution is 0.0795. The van der Waals surface area contributed by atoms with E-state index in [2.05, 4.69) is 6.92 Å². The molecule has 2 aromatic carbocycles. The van der Waals surface area contributed by atoms with Gasteiger partial charge in [0.2, 0.25) is 0 Å². The molecule has 3 rings (SSSR count). The molecular formula is C23H26N2O2. The van der Waals surface area contributed by atoms with E-state index in [1.165, 1.54) is 0 Å². The summed E-state index contributed by atoms with van der Waals surface area (Å²) in [4.78, 5) is 19.6. The van der Waals surface area contributed by atoms with Crippen LogP contribution >= 0.6 is 0 Å². The van der Waals surface area contributed by atoms with Gasteiger partial charge < -0.3 is 9.64 Å². The van der Waals surface area contributed by atoms with Crippen molar-refractivity contribution in [1.29, 1.82) is 0 Å². The Morgan fingerprint density at radius 1 is 1.07 bits per heavy atom. The van der Waals surface area contributed by atoms with Crippen LogP contribution in [-0.2, 0) is 0 Å². The Morgan fingerprint density at radius 2 is 1.81 bits per heavy atom. The summed E-state index contributed by atoms with van der Waals surface area (Å²) in [5.74, 6) is 0.867. The molecule has 0 aliphatic carbocycles. The SMILES string of the molecule is CCCCN(C)C(=O)c1cc(-c2ccc(OCC)cc2)nc2ccccc12. The van der Waals surface area contributed by atoms with E-state index in [0.29, 0.717) is 12.2 Å². The van der Waals surface area contributed by atoms with Crippen molar-refractivity contribution in [2.24, 2.45) is 0 Å². The van der Waals surface area contributed by atoms with Crippen molar-refractivity contribution < 1.29 is 9.53 Å². The van der Waals surface area contributed by atoms with Crippen molar-refractivity contribution in [3.63, 3.8) is 0 Å². The second-order valence-corrected chi connectivity index (χ2v) is 6.61. The van der Waals surface area contributed by atoms with Crippen molar-refractivity contribution in [1.82, 2.24) is 9.88 Å².